The van der Waals surface area contributed by atoms with Crippen LogP contribution in [0.2, 0.25) is 0 Å². The van der Waals surface area contributed by atoms with E-state index < -0.39 is 23.5 Å². The summed E-state index contributed by atoms with van der Waals surface area (Å²) in [5.41, 5.74) is -0.127. The van der Waals surface area contributed by atoms with E-state index in [-0.39, 0.29) is 12.1 Å². The summed E-state index contributed by atoms with van der Waals surface area (Å²) in [6, 6.07) is 1.43. The molecule has 0 bridgehead atoms. The summed E-state index contributed by atoms with van der Waals surface area (Å²) in [5, 5.41) is 21.0. The van der Waals surface area contributed by atoms with Gasteiger partial charge in [-0.05, 0) is 13.1 Å². The van der Waals surface area contributed by atoms with Crippen LogP contribution in [0.4, 0.5) is 8.78 Å². The van der Waals surface area contributed by atoms with Crippen molar-refractivity contribution >= 4 is 0 Å². The summed E-state index contributed by atoms with van der Waals surface area (Å²) in [4.78, 5) is 0. The van der Waals surface area contributed by atoms with Crippen molar-refractivity contribution in [1.29, 1.82) is 0 Å². The Labute approximate surface area is 80.0 Å². The molecule has 1 rings (SSSR count). The molecule has 0 spiro atoms. The molecule has 78 valence electrons. The number of hydrogen-bond donors (Lipinski definition) is 3. The van der Waals surface area contributed by atoms with Gasteiger partial charge in [0.15, 0.2) is 11.6 Å². The van der Waals surface area contributed by atoms with Crippen molar-refractivity contribution in [2.24, 2.45) is 0 Å². The van der Waals surface area contributed by atoms with Crippen LogP contribution in [-0.4, -0.2) is 23.8 Å². The van der Waals surface area contributed by atoms with Crippen LogP contribution >= 0.6 is 0 Å². The van der Waals surface area contributed by atoms with E-state index in [1.165, 1.54) is 0 Å². The maximum atomic E-state index is 13.1. The Morgan fingerprint density at radius 1 is 1.36 bits per heavy atom. The third-order valence-electron chi connectivity index (χ3n) is 1.82. The molecule has 0 aliphatic carbocycles. The number of aliphatic hydroxyl groups is 1. The zero-order valence-electron chi connectivity index (χ0n) is 7.59. The molecule has 1 aromatic rings. The molecule has 3 N–H and O–H groups in total. The number of likely N-dealkylation sites (N-methyl/N-ethyl adjacent to an activating group) is 1. The fourth-order valence-corrected chi connectivity index (χ4v) is 1.11. The number of aromatic hydroxyl groups is 1. The molecular weight excluding hydrogens is 192 g/mol. The summed E-state index contributed by atoms with van der Waals surface area (Å²) in [6.45, 7) is 0.127. The predicted octanol–water partition coefficient (Wildman–Crippen LogP) is 0.923. The maximum absolute atomic E-state index is 13.1. The molecule has 1 unspecified atom stereocenters. The van der Waals surface area contributed by atoms with E-state index in [1.54, 1.807) is 7.05 Å². The Hall–Kier alpha value is -1.20. The largest absolute Gasteiger partial charge is 0.505 e. The van der Waals surface area contributed by atoms with Crippen LogP contribution < -0.4 is 5.32 Å². The number of phenolic OH excluding ortho intramolecular Hbond substituents is 1. The van der Waals surface area contributed by atoms with Gasteiger partial charge in [-0.25, -0.2) is 8.78 Å². The molecule has 0 saturated carbocycles. The zero-order valence-corrected chi connectivity index (χ0v) is 7.59. The van der Waals surface area contributed by atoms with Gasteiger partial charge in [0, 0.05) is 18.2 Å². The van der Waals surface area contributed by atoms with E-state index in [1.807, 2.05) is 0 Å². The van der Waals surface area contributed by atoms with Crippen molar-refractivity contribution < 1.29 is 19.0 Å². The summed E-state index contributed by atoms with van der Waals surface area (Å²) in [5.74, 6) is -2.58. The van der Waals surface area contributed by atoms with Gasteiger partial charge in [-0.15, -0.1) is 0 Å². The number of benzene rings is 1. The first-order valence-electron chi connectivity index (χ1n) is 4.06. The second-order valence-corrected chi connectivity index (χ2v) is 2.90. The minimum atomic E-state index is -1.11. The lowest BCUT2D eigenvalue weighted by molar-refractivity contribution is 0.172. The number of halogens is 2. The first kappa shape index (κ1) is 10.9. The average molecular weight is 203 g/mol. The first-order valence-corrected chi connectivity index (χ1v) is 4.06. The second kappa shape index (κ2) is 4.34. The first-order chi connectivity index (χ1) is 6.56. The standard InChI is InChI=1S/C9H11F2NO2/c1-12-4-9(14)5-2-8(13)7(11)3-6(5)10/h2-3,9,12-14H,4H2,1H3. The fraction of sp³-hybridized carbons (Fsp3) is 0.333. The highest BCUT2D eigenvalue weighted by atomic mass is 19.1. The molecule has 1 atom stereocenters. The third kappa shape index (κ3) is 2.18. The number of rotatable bonds is 3. The van der Waals surface area contributed by atoms with Gasteiger partial charge in [0.1, 0.15) is 5.82 Å². The van der Waals surface area contributed by atoms with Crippen LogP contribution in [0.15, 0.2) is 12.1 Å². The Balaban J connectivity index is 3.02. The molecule has 0 aliphatic heterocycles. The minimum Gasteiger partial charge on any atom is -0.505 e. The van der Waals surface area contributed by atoms with Gasteiger partial charge in [-0.1, -0.05) is 0 Å². The van der Waals surface area contributed by atoms with Crippen molar-refractivity contribution in [3.05, 3.63) is 29.3 Å². The van der Waals surface area contributed by atoms with Crippen LogP contribution in [0, 0.1) is 11.6 Å². The van der Waals surface area contributed by atoms with Gasteiger partial charge < -0.3 is 15.5 Å². The lowest BCUT2D eigenvalue weighted by Gasteiger charge is -2.11. The van der Waals surface area contributed by atoms with Crippen LogP contribution in [0.5, 0.6) is 5.75 Å². The Kier molecular flexibility index (Phi) is 3.38. The lowest BCUT2D eigenvalue weighted by Crippen LogP contribution is -2.17. The number of phenols is 1. The molecule has 5 heteroatoms. The maximum Gasteiger partial charge on any atom is 0.167 e. The Morgan fingerprint density at radius 3 is 2.57 bits per heavy atom. The predicted molar refractivity (Wildman–Crippen MR) is 46.9 cm³/mol. The number of aliphatic hydroxyl groups excluding tert-OH is 1. The fourth-order valence-electron chi connectivity index (χ4n) is 1.11. The molecule has 0 aliphatic rings. The molecule has 0 aromatic heterocycles. The molecular formula is C9H11F2NO2. The van der Waals surface area contributed by atoms with Gasteiger partial charge in [0.2, 0.25) is 0 Å². The zero-order chi connectivity index (χ0) is 10.7. The highest BCUT2D eigenvalue weighted by Gasteiger charge is 2.15. The van der Waals surface area contributed by atoms with Gasteiger partial charge in [-0.2, -0.15) is 0 Å². The number of hydrogen-bond acceptors (Lipinski definition) is 3. The topological polar surface area (TPSA) is 52.5 Å². The van der Waals surface area contributed by atoms with Crippen LogP contribution in [0.25, 0.3) is 0 Å². The molecule has 14 heavy (non-hydrogen) atoms. The van der Waals surface area contributed by atoms with E-state index in [0.717, 1.165) is 6.07 Å². The molecule has 3 nitrogen and oxygen atoms in total. The summed E-state index contributed by atoms with van der Waals surface area (Å²) >= 11 is 0. The molecule has 0 fully saturated rings. The van der Waals surface area contributed by atoms with Crippen LogP contribution in [0.3, 0.4) is 0 Å². The van der Waals surface area contributed by atoms with E-state index in [4.69, 9.17) is 5.11 Å². The van der Waals surface area contributed by atoms with Gasteiger partial charge in [0.05, 0.1) is 6.10 Å². The molecule has 0 radical (unpaired) electrons. The third-order valence-corrected chi connectivity index (χ3v) is 1.82. The Morgan fingerprint density at radius 2 is 2.00 bits per heavy atom. The lowest BCUT2D eigenvalue weighted by atomic mass is 10.1. The van der Waals surface area contributed by atoms with Gasteiger partial charge >= 0.3 is 0 Å². The highest BCUT2D eigenvalue weighted by molar-refractivity contribution is 5.31. The molecule has 1 aromatic carbocycles. The monoisotopic (exact) mass is 203 g/mol. The van der Waals surface area contributed by atoms with Crippen molar-refractivity contribution in [3.8, 4) is 5.75 Å². The molecule has 0 saturated heterocycles. The van der Waals surface area contributed by atoms with Crippen molar-refractivity contribution in [2.45, 2.75) is 6.10 Å². The highest BCUT2D eigenvalue weighted by Crippen LogP contribution is 2.24. The Bertz CT molecular complexity index is 331. The second-order valence-electron chi connectivity index (χ2n) is 2.90. The minimum absolute atomic E-state index is 0.127. The summed E-state index contributed by atoms with van der Waals surface area (Å²) in [6.07, 6.45) is -1.11. The molecule has 0 heterocycles. The van der Waals surface area contributed by atoms with Gasteiger partial charge in [0.25, 0.3) is 0 Å². The van der Waals surface area contributed by atoms with E-state index in [9.17, 15) is 13.9 Å². The average Bonchev–Trinajstić information content (AvgIpc) is 2.11. The summed E-state index contributed by atoms with van der Waals surface area (Å²) in [7, 11) is 1.59. The summed E-state index contributed by atoms with van der Waals surface area (Å²) < 4.78 is 25.7. The van der Waals surface area contributed by atoms with Crippen LogP contribution in [-0.2, 0) is 0 Å². The SMILES string of the molecule is CNCC(O)c1cc(O)c(F)cc1F. The van der Waals surface area contributed by atoms with E-state index in [2.05, 4.69) is 5.32 Å². The van der Waals surface area contributed by atoms with Crippen molar-refractivity contribution in [3.63, 3.8) is 0 Å². The van der Waals surface area contributed by atoms with Gasteiger partial charge in [-0.3, -0.25) is 0 Å². The smallest absolute Gasteiger partial charge is 0.167 e. The van der Waals surface area contributed by atoms with Crippen LogP contribution in [0.1, 0.15) is 11.7 Å². The van der Waals surface area contributed by atoms with Crippen molar-refractivity contribution in [2.75, 3.05) is 13.6 Å². The van der Waals surface area contributed by atoms with Crippen molar-refractivity contribution in [1.82, 2.24) is 5.32 Å². The van der Waals surface area contributed by atoms with E-state index >= 15 is 0 Å². The molecule has 0 amide bonds. The normalized spacial score (nSPS) is 12.9. The van der Waals surface area contributed by atoms with E-state index in [0.29, 0.717) is 6.07 Å². The quantitative estimate of drug-likeness (QED) is 0.684. The number of nitrogens with one attached hydrogen (secondary N) is 1.